The number of fused-ring (bicyclic) bond motifs is 3. The molecule has 0 fully saturated rings. The number of hydrogen-bond donors (Lipinski definition) is 4. The van der Waals surface area contributed by atoms with E-state index in [-0.39, 0.29) is 11.6 Å². The second-order valence-corrected chi connectivity index (χ2v) is 8.56. The first-order valence-electron chi connectivity index (χ1n) is 9.73. The van der Waals surface area contributed by atoms with E-state index in [9.17, 15) is 4.79 Å². The van der Waals surface area contributed by atoms with Crippen LogP contribution in [0.1, 0.15) is 25.0 Å². The molecule has 144 valence electrons. The summed E-state index contributed by atoms with van der Waals surface area (Å²) >= 11 is 1.62. The minimum absolute atomic E-state index is 0.126. The van der Waals surface area contributed by atoms with E-state index in [0.717, 1.165) is 52.9 Å². The highest BCUT2D eigenvalue weighted by molar-refractivity contribution is 7.17. The lowest BCUT2D eigenvalue weighted by molar-refractivity contribution is 0.711. The molecule has 0 saturated carbocycles. The number of thiophene rings is 1. The number of imidazole rings is 1. The number of aromatic amines is 2. The van der Waals surface area contributed by atoms with Gasteiger partial charge in [0.15, 0.2) is 0 Å². The lowest BCUT2D eigenvalue weighted by Crippen LogP contribution is -2.17. The van der Waals surface area contributed by atoms with E-state index in [2.05, 4.69) is 46.6 Å². The Hall–Kier alpha value is -2.64. The number of rotatable bonds is 3. The van der Waals surface area contributed by atoms with Gasteiger partial charge in [-0.25, -0.2) is 4.98 Å². The Morgan fingerprint density at radius 2 is 1.89 bits per heavy atom. The van der Waals surface area contributed by atoms with Crippen molar-refractivity contribution in [3.63, 3.8) is 0 Å². The van der Waals surface area contributed by atoms with Gasteiger partial charge in [-0.1, -0.05) is 0 Å². The molecule has 4 N–H and O–H groups in total. The third kappa shape index (κ3) is 2.91. The molecule has 0 unspecified atom stereocenters. The van der Waals surface area contributed by atoms with Crippen LogP contribution >= 0.6 is 11.3 Å². The van der Waals surface area contributed by atoms with Crippen molar-refractivity contribution in [3.8, 4) is 11.4 Å². The molecule has 0 atom stereocenters. The SMILES string of the molecule is CC(C)Nc1c(-c2nc3cc4c(cc3[nH]2)CCNCC4)c(=O)[nH]c2ccsc12. The Morgan fingerprint density at radius 3 is 2.68 bits per heavy atom. The fraction of sp³-hybridized carbons (Fsp3) is 0.333. The monoisotopic (exact) mass is 393 g/mol. The van der Waals surface area contributed by atoms with Crippen LogP contribution in [0.3, 0.4) is 0 Å². The summed E-state index contributed by atoms with van der Waals surface area (Å²) in [6, 6.07) is 6.52. The predicted octanol–water partition coefficient (Wildman–Crippen LogP) is 3.64. The quantitative estimate of drug-likeness (QED) is 0.428. The largest absolute Gasteiger partial charge is 0.381 e. The number of nitrogens with zero attached hydrogens (tertiary/aromatic N) is 1. The molecule has 7 heteroatoms. The number of nitrogens with one attached hydrogen (secondary N) is 4. The van der Waals surface area contributed by atoms with E-state index in [0.29, 0.717) is 11.4 Å². The summed E-state index contributed by atoms with van der Waals surface area (Å²) in [5.41, 5.74) is 6.77. The van der Waals surface area contributed by atoms with Gasteiger partial charge in [0.1, 0.15) is 11.4 Å². The highest BCUT2D eigenvalue weighted by atomic mass is 32.1. The molecule has 0 radical (unpaired) electrons. The lowest BCUT2D eigenvalue weighted by atomic mass is 10.0. The van der Waals surface area contributed by atoms with Gasteiger partial charge in [-0.3, -0.25) is 4.79 Å². The van der Waals surface area contributed by atoms with E-state index in [4.69, 9.17) is 4.98 Å². The second kappa shape index (κ2) is 6.76. The maximum Gasteiger partial charge on any atom is 0.261 e. The van der Waals surface area contributed by atoms with E-state index in [1.165, 1.54) is 11.1 Å². The van der Waals surface area contributed by atoms with Gasteiger partial charge >= 0.3 is 0 Å². The molecule has 6 nitrogen and oxygen atoms in total. The van der Waals surface area contributed by atoms with Gasteiger partial charge < -0.3 is 20.6 Å². The summed E-state index contributed by atoms with van der Waals surface area (Å²) in [5, 5.41) is 8.91. The highest BCUT2D eigenvalue weighted by Gasteiger charge is 2.20. The van der Waals surface area contributed by atoms with Gasteiger partial charge in [0.25, 0.3) is 5.56 Å². The molecule has 1 aromatic carbocycles. The van der Waals surface area contributed by atoms with E-state index >= 15 is 0 Å². The van der Waals surface area contributed by atoms with Crippen molar-refractivity contribution in [1.82, 2.24) is 20.3 Å². The molecule has 4 aromatic rings. The average molecular weight is 394 g/mol. The van der Waals surface area contributed by atoms with Crippen LogP contribution in [0.25, 0.3) is 32.6 Å². The number of H-pyrrole nitrogens is 2. The third-order valence-corrected chi connectivity index (χ3v) is 6.16. The third-order valence-electron chi connectivity index (χ3n) is 5.23. The summed E-state index contributed by atoms with van der Waals surface area (Å²) in [7, 11) is 0. The minimum Gasteiger partial charge on any atom is -0.381 e. The summed E-state index contributed by atoms with van der Waals surface area (Å²) in [5.74, 6) is 0.619. The van der Waals surface area contributed by atoms with E-state index < -0.39 is 0 Å². The summed E-state index contributed by atoms with van der Waals surface area (Å²) < 4.78 is 1.05. The number of hydrogen-bond acceptors (Lipinski definition) is 5. The Morgan fingerprint density at radius 1 is 1.11 bits per heavy atom. The lowest BCUT2D eigenvalue weighted by Gasteiger charge is -2.14. The fourth-order valence-corrected chi connectivity index (χ4v) is 4.83. The molecule has 1 aliphatic heterocycles. The van der Waals surface area contributed by atoms with E-state index in [1.54, 1.807) is 11.3 Å². The van der Waals surface area contributed by atoms with Gasteiger partial charge in [-0.15, -0.1) is 11.3 Å². The van der Waals surface area contributed by atoms with Crippen molar-refractivity contribution >= 4 is 38.3 Å². The maximum atomic E-state index is 13.0. The van der Waals surface area contributed by atoms with Crippen LogP contribution in [0.15, 0.2) is 28.4 Å². The highest BCUT2D eigenvalue weighted by Crippen LogP contribution is 2.34. The van der Waals surface area contributed by atoms with Gasteiger partial charge in [-0.05, 0) is 74.5 Å². The molecule has 0 bridgehead atoms. The molecule has 0 spiro atoms. The molecule has 1 aliphatic rings. The van der Waals surface area contributed by atoms with Crippen molar-refractivity contribution in [2.24, 2.45) is 0 Å². The molecular formula is C21H23N5OS. The molecule has 28 heavy (non-hydrogen) atoms. The van der Waals surface area contributed by atoms with Crippen LogP contribution < -0.4 is 16.2 Å². The Kier molecular flexibility index (Phi) is 4.21. The van der Waals surface area contributed by atoms with Gasteiger partial charge in [0, 0.05) is 6.04 Å². The first kappa shape index (κ1) is 17.5. The molecule has 0 saturated heterocycles. The Bertz CT molecular complexity index is 1190. The van der Waals surface area contributed by atoms with Crippen LogP contribution in [0.5, 0.6) is 0 Å². The zero-order valence-electron chi connectivity index (χ0n) is 16.0. The molecule has 0 amide bonds. The van der Waals surface area contributed by atoms with Crippen LogP contribution in [-0.2, 0) is 12.8 Å². The van der Waals surface area contributed by atoms with Crippen molar-refractivity contribution in [1.29, 1.82) is 0 Å². The first-order chi connectivity index (χ1) is 13.6. The van der Waals surface area contributed by atoms with Gasteiger partial charge in [0.05, 0.1) is 26.9 Å². The molecule has 5 rings (SSSR count). The van der Waals surface area contributed by atoms with Gasteiger partial charge in [-0.2, -0.15) is 0 Å². The second-order valence-electron chi connectivity index (χ2n) is 7.64. The van der Waals surface area contributed by atoms with Crippen LogP contribution in [0.4, 0.5) is 5.69 Å². The zero-order valence-corrected chi connectivity index (χ0v) is 16.8. The standard InChI is InChI=1S/C21H23N5OS/c1-11(2)23-18-17(21(27)26-14-5-8-28-19(14)18)20-24-15-9-12-3-6-22-7-4-13(12)10-16(15)25-20/h5,8-11,22H,3-4,6-7H2,1-2H3,(H,24,25)(H2,23,26,27). The average Bonchev–Trinajstić information content (AvgIpc) is 3.20. The first-order valence-corrected chi connectivity index (χ1v) is 10.6. The number of anilines is 1. The number of pyridine rings is 1. The maximum absolute atomic E-state index is 13.0. The van der Waals surface area contributed by atoms with Crippen LogP contribution in [0, 0.1) is 0 Å². The zero-order chi connectivity index (χ0) is 19.3. The normalized spacial score (nSPS) is 14.5. The van der Waals surface area contributed by atoms with Crippen LogP contribution in [-0.4, -0.2) is 34.1 Å². The Labute approximate surface area is 166 Å². The summed E-state index contributed by atoms with van der Waals surface area (Å²) in [6.07, 6.45) is 2.02. The van der Waals surface area contributed by atoms with Crippen molar-refractivity contribution in [3.05, 3.63) is 45.1 Å². The summed E-state index contributed by atoms with van der Waals surface area (Å²) in [4.78, 5) is 24.2. The molecular weight excluding hydrogens is 370 g/mol. The van der Waals surface area contributed by atoms with Crippen molar-refractivity contribution < 1.29 is 0 Å². The smallest absolute Gasteiger partial charge is 0.261 e. The minimum atomic E-state index is -0.126. The molecule has 3 aromatic heterocycles. The number of benzene rings is 1. The Balaban J connectivity index is 1.72. The van der Waals surface area contributed by atoms with E-state index in [1.807, 2.05) is 11.4 Å². The van der Waals surface area contributed by atoms with Crippen molar-refractivity contribution in [2.45, 2.75) is 32.7 Å². The fourth-order valence-electron chi connectivity index (χ4n) is 3.97. The summed E-state index contributed by atoms with van der Waals surface area (Å²) in [6.45, 7) is 6.14. The number of aromatic nitrogens is 3. The molecule has 0 aliphatic carbocycles. The van der Waals surface area contributed by atoms with Crippen molar-refractivity contribution in [2.75, 3.05) is 18.4 Å². The topological polar surface area (TPSA) is 85.6 Å². The molecule has 4 heterocycles. The van der Waals surface area contributed by atoms with Crippen LogP contribution in [0.2, 0.25) is 0 Å². The predicted molar refractivity (Wildman–Crippen MR) is 117 cm³/mol. The van der Waals surface area contributed by atoms with Gasteiger partial charge in [0.2, 0.25) is 0 Å².